The molecule has 6 heteroatoms. The Labute approximate surface area is 101 Å². The van der Waals surface area contributed by atoms with Crippen molar-refractivity contribution in [2.45, 2.75) is 38.8 Å². The van der Waals surface area contributed by atoms with Gasteiger partial charge in [-0.05, 0) is 12.3 Å². The predicted molar refractivity (Wildman–Crippen MR) is 61.6 cm³/mol. The Bertz CT molecular complexity index is 295. The molecule has 0 aromatic rings. The van der Waals surface area contributed by atoms with Crippen molar-refractivity contribution in [2.24, 2.45) is 5.92 Å². The Morgan fingerprint density at radius 3 is 2.59 bits per heavy atom. The molecule has 0 aromatic carbocycles. The quantitative estimate of drug-likeness (QED) is 0.661. The number of carbonyl (C=O) groups is 2. The highest BCUT2D eigenvalue weighted by Crippen LogP contribution is 2.12. The maximum absolute atomic E-state index is 11.8. The molecular formula is C11H20N2O4. The molecule has 1 heterocycles. The van der Waals surface area contributed by atoms with Crippen molar-refractivity contribution in [1.29, 1.82) is 0 Å². The van der Waals surface area contributed by atoms with E-state index >= 15 is 0 Å². The van der Waals surface area contributed by atoms with E-state index in [9.17, 15) is 14.7 Å². The zero-order chi connectivity index (χ0) is 13.0. The van der Waals surface area contributed by atoms with Gasteiger partial charge in [-0.3, -0.25) is 0 Å². The molecule has 2 amide bonds. The summed E-state index contributed by atoms with van der Waals surface area (Å²) < 4.78 is 0. The predicted octanol–water partition coefficient (Wildman–Crippen LogP) is 0.262. The summed E-state index contributed by atoms with van der Waals surface area (Å²) in [6.45, 7) is 4.42. The molecule has 3 N–H and O–H groups in total. The van der Waals surface area contributed by atoms with Crippen molar-refractivity contribution in [3.05, 3.63) is 0 Å². The van der Waals surface area contributed by atoms with Crippen LogP contribution in [0.4, 0.5) is 4.79 Å². The number of carbonyl (C=O) groups excluding carboxylic acids is 1. The Kier molecular flexibility index (Phi) is 4.74. The fraction of sp³-hybridized carbons (Fsp3) is 0.818. The third-order valence-corrected chi connectivity index (χ3v) is 3.21. The van der Waals surface area contributed by atoms with Crippen LogP contribution in [0.5, 0.6) is 0 Å². The summed E-state index contributed by atoms with van der Waals surface area (Å²) in [6.07, 6.45) is 0.738. The molecule has 0 aromatic heterocycles. The molecule has 1 rings (SSSR count). The van der Waals surface area contributed by atoms with E-state index in [0.29, 0.717) is 19.4 Å². The van der Waals surface area contributed by atoms with Crippen LogP contribution in [0.15, 0.2) is 0 Å². The summed E-state index contributed by atoms with van der Waals surface area (Å²) in [7, 11) is 0. The van der Waals surface area contributed by atoms with Crippen LogP contribution in [0, 0.1) is 5.92 Å². The minimum atomic E-state index is -1.02. The topological polar surface area (TPSA) is 89.9 Å². The van der Waals surface area contributed by atoms with Crippen molar-refractivity contribution in [1.82, 2.24) is 10.2 Å². The minimum absolute atomic E-state index is 0.121. The molecule has 3 atom stereocenters. The van der Waals surface area contributed by atoms with Crippen LogP contribution in [0.2, 0.25) is 0 Å². The number of hydrogen-bond acceptors (Lipinski definition) is 3. The van der Waals surface area contributed by atoms with E-state index in [2.05, 4.69) is 5.32 Å². The second-order valence-electron chi connectivity index (χ2n) is 4.54. The monoisotopic (exact) mass is 244 g/mol. The number of aliphatic hydroxyl groups excluding tert-OH is 1. The van der Waals surface area contributed by atoms with Crippen LogP contribution < -0.4 is 5.32 Å². The molecule has 98 valence electrons. The van der Waals surface area contributed by atoms with Crippen molar-refractivity contribution in [3.8, 4) is 0 Å². The fourth-order valence-corrected chi connectivity index (χ4v) is 1.83. The summed E-state index contributed by atoms with van der Waals surface area (Å²) in [5, 5.41) is 20.9. The van der Waals surface area contributed by atoms with E-state index < -0.39 is 24.1 Å². The summed E-state index contributed by atoms with van der Waals surface area (Å²) in [5.41, 5.74) is 0. The summed E-state index contributed by atoms with van der Waals surface area (Å²) in [4.78, 5) is 24.2. The first-order chi connectivity index (χ1) is 7.95. The molecule has 1 aliphatic heterocycles. The lowest BCUT2D eigenvalue weighted by Gasteiger charge is -2.24. The largest absolute Gasteiger partial charge is 0.480 e. The Morgan fingerprint density at radius 1 is 1.53 bits per heavy atom. The lowest BCUT2D eigenvalue weighted by atomic mass is 9.99. The maximum Gasteiger partial charge on any atom is 0.326 e. The van der Waals surface area contributed by atoms with E-state index in [0.717, 1.165) is 0 Å². The Hall–Kier alpha value is -1.30. The van der Waals surface area contributed by atoms with Crippen molar-refractivity contribution in [3.63, 3.8) is 0 Å². The van der Waals surface area contributed by atoms with Gasteiger partial charge in [0, 0.05) is 13.1 Å². The number of rotatable bonds is 4. The maximum atomic E-state index is 11.8. The second-order valence-corrected chi connectivity index (χ2v) is 4.54. The van der Waals surface area contributed by atoms with E-state index in [4.69, 9.17) is 5.11 Å². The van der Waals surface area contributed by atoms with Gasteiger partial charge in [0.25, 0.3) is 0 Å². The van der Waals surface area contributed by atoms with Gasteiger partial charge in [-0.2, -0.15) is 0 Å². The van der Waals surface area contributed by atoms with Gasteiger partial charge in [0.1, 0.15) is 6.04 Å². The van der Waals surface area contributed by atoms with Gasteiger partial charge in [0.2, 0.25) is 0 Å². The lowest BCUT2D eigenvalue weighted by molar-refractivity contribution is -0.140. The van der Waals surface area contributed by atoms with Gasteiger partial charge in [0.15, 0.2) is 0 Å². The highest BCUT2D eigenvalue weighted by Gasteiger charge is 2.30. The lowest BCUT2D eigenvalue weighted by Crippen LogP contribution is -2.50. The molecule has 1 saturated heterocycles. The molecule has 0 bridgehead atoms. The van der Waals surface area contributed by atoms with Gasteiger partial charge in [-0.1, -0.05) is 20.3 Å². The molecule has 0 saturated carbocycles. The van der Waals surface area contributed by atoms with E-state index in [1.165, 1.54) is 4.90 Å². The number of carboxylic acids is 1. The smallest absolute Gasteiger partial charge is 0.326 e. The molecule has 0 aliphatic carbocycles. The van der Waals surface area contributed by atoms with Crippen LogP contribution in [-0.4, -0.2) is 52.3 Å². The van der Waals surface area contributed by atoms with Crippen LogP contribution >= 0.6 is 0 Å². The number of urea groups is 1. The van der Waals surface area contributed by atoms with Crippen molar-refractivity contribution >= 4 is 12.0 Å². The Balaban J connectivity index is 2.55. The third kappa shape index (κ3) is 3.59. The standard InChI is InChI=1S/C11H20N2O4/c1-3-7(2)9(10(15)16)12-11(17)13-5-4-8(14)6-13/h7-9,14H,3-6H2,1-2H3,(H,12,17)(H,15,16). The number of aliphatic hydroxyl groups is 1. The molecule has 17 heavy (non-hydrogen) atoms. The molecule has 0 radical (unpaired) electrons. The fourth-order valence-electron chi connectivity index (χ4n) is 1.83. The van der Waals surface area contributed by atoms with Crippen LogP contribution in [0.3, 0.4) is 0 Å². The molecule has 3 unspecified atom stereocenters. The van der Waals surface area contributed by atoms with Crippen LogP contribution in [0.1, 0.15) is 26.7 Å². The van der Waals surface area contributed by atoms with E-state index in [1.807, 2.05) is 6.92 Å². The Morgan fingerprint density at radius 2 is 2.18 bits per heavy atom. The van der Waals surface area contributed by atoms with Gasteiger partial charge in [-0.15, -0.1) is 0 Å². The van der Waals surface area contributed by atoms with E-state index in [-0.39, 0.29) is 12.5 Å². The number of nitrogens with one attached hydrogen (secondary N) is 1. The number of amides is 2. The zero-order valence-electron chi connectivity index (χ0n) is 10.2. The second kappa shape index (κ2) is 5.86. The van der Waals surface area contributed by atoms with E-state index in [1.54, 1.807) is 6.92 Å². The molecule has 0 spiro atoms. The van der Waals surface area contributed by atoms with Crippen molar-refractivity contribution in [2.75, 3.05) is 13.1 Å². The number of carboxylic acid groups (broad SMARTS) is 1. The molecule has 1 fully saturated rings. The van der Waals surface area contributed by atoms with Crippen LogP contribution in [0.25, 0.3) is 0 Å². The highest BCUT2D eigenvalue weighted by atomic mass is 16.4. The summed E-state index contributed by atoms with van der Waals surface area (Å²) in [5.74, 6) is -1.14. The molecular weight excluding hydrogens is 224 g/mol. The minimum Gasteiger partial charge on any atom is -0.480 e. The number of aliphatic carboxylic acids is 1. The first-order valence-corrected chi connectivity index (χ1v) is 5.92. The molecule has 1 aliphatic rings. The van der Waals surface area contributed by atoms with Gasteiger partial charge in [-0.25, -0.2) is 9.59 Å². The number of nitrogens with zero attached hydrogens (tertiary/aromatic N) is 1. The number of likely N-dealkylation sites (tertiary alicyclic amines) is 1. The first kappa shape index (κ1) is 13.8. The highest BCUT2D eigenvalue weighted by molar-refractivity contribution is 5.82. The number of hydrogen-bond donors (Lipinski definition) is 3. The van der Waals surface area contributed by atoms with Crippen LogP contribution in [-0.2, 0) is 4.79 Å². The van der Waals surface area contributed by atoms with Gasteiger partial charge in [0.05, 0.1) is 6.10 Å². The van der Waals surface area contributed by atoms with Gasteiger partial charge >= 0.3 is 12.0 Å². The SMILES string of the molecule is CCC(C)C(NC(=O)N1CCC(O)C1)C(=O)O. The average molecular weight is 244 g/mol. The summed E-state index contributed by atoms with van der Waals surface area (Å²) in [6, 6.07) is -1.28. The first-order valence-electron chi connectivity index (χ1n) is 5.92. The molecule has 6 nitrogen and oxygen atoms in total. The average Bonchev–Trinajstić information content (AvgIpc) is 2.71. The normalized spacial score (nSPS) is 23.2. The third-order valence-electron chi connectivity index (χ3n) is 3.21. The number of β-amino-alcohol motifs (C(OH)–C–C–N with tert-alkyl or cyclic N) is 1. The summed E-state index contributed by atoms with van der Waals surface area (Å²) >= 11 is 0. The zero-order valence-corrected chi connectivity index (χ0v) is 10.2. The van der Waals surface area contributed by atoms with Crippen molar-refractivity contribution < 1.29 is 19.8 Å². The van der Waals surface area contributed by atoms with Gasteiger partial charge < -0.3 is 20.4 Å².